The van der Waals surface area contributed by atoms with Gasteiger partial charge in [0.05, 0.1) is 8.66 Å². The number of aryl methyl sites for hydroxylation is 1. The molecule has 0 amide bonds. The van der Waals surface area contributed by atoms with Crippen LogP contribution in [0.15, 0.2) is 22.0 Å². The maximum atomic E-state index is 13.1. The molecule has 0 atom stereocenters. The van der Waals surface area contributed by atoms with Crippen LogP contribution in [0.2, 0.25) is 0 Å². The van der Waals surface area contributed by atoms with Crippen molar-refractivity contribution >= 4 is 27.3 Å². The maximum absolute atomic E-state index is 13.1. The predicted molar refractivity (Wildman–Crippen MR) is 62.4 cm³/mol. The molecule has 0 saturated heterocycles. The molecule has 5 heteroatoms. The molecular weight excluding hydrogens is 279 g/mol. The standard InChI is InChI=1S/C10H8BrFN2S/c1-2-6-5-9(12)14-10(13-6)7-3-4-8(11)15-7/h3-5H,2H2,1H3. The second-order valence-electron chi connectivity index (χ2n) is 2.96. The van der Waals surface area contributed by atoms with Gasteiger partial charge in [0.15, 0.2) is 5.82 Å². The van der Waals surface area contributed by atoms with Crippen molar-refractivity contribution < 1.29 is 4.39 Å². The Morgan fingerprint density at radius 2 is 2.20 bits per heavy atom. The summed E-state index contributed by atoms with van der Waals surface area (Å²) in [5.41, 5.74) is 0.724. The van der Waals surface area contributed by atoms with Crippen LogP contribution in [-0.2, 0) is 6.42 Å². The molecule has 2 nitrogen and oxygen atoms in total. The van der Waals surface area contributed by atoms with Gasteiger partial charge in [0.1, 0.15) is 0 Å². The summed E-state index contributed by atoms with van der Waals surface area (Å²) in [6.07, 6.45) is 0.707. The molecule has 2 aromatic heterocycles. The van der Waals surface area contributed by atoms with Crippen LogP contribution in [0.4, 0.5) is 4.39 Å². The number of nitrogens with zero attached hydrogens (tertiary/aromatic N) is 2. The topological polar surface area (TPSA) is 25.8 Å². The molecule has 0 saturated carbocycles. The van der Waals surface area contributed by atoms with Crippen LogP contribution in [0.5, 0.6) is 0 Å². The molecule has 0 fully saturated rings. The fourth-order valence-corrected chi connectivity index (χ4v) is 2.51. The first-order valence-corrected chi connectivity index (χ1v) is 6.09. The number of rotatable bonds is 2. The fraction of sp³-hybridized carbons (Fsp3) is 0.200. The summed E-state index contributed by atoms with van der Waals surface area (Å²) in [6, 6.07) is 5.15. The summed E-state index contributed by atoms with van der Waals surface area (Å²) in [6.45, 7) is 1.94. The lowest BCUT2D eigenvalue weighted by Crippen LogP contribution is -1.96. The van der Waals surface area contributed by atoms with E-state index >= 15 is 0 Å². The van der Waals surface area contributed by atoms with Crippen LogP contribution >= 0.6 is 27.3 Å². The van der Waals surface area contributed by atoms with Gasteiger partial charge in [-0.3, -0.25) is 0 Å². The highest BCUT2D eigenvalue weighted by Gasteiger charge is 2.07. The van der Waals surface area contributed by atoms with Gasteiger partial charge in [-0.05, 0) is 34.5 Å². The zero-order chi connectivity index (χ0) is 10.8. The highest BCUT2D eigenvalue weighted by Crippen LogP contribution is 2.29. The van der Waals surface area contributed by atoms with Crippen LogP contribution in [0.1, 0.15) is 12.6 Å². The van der Waals surface area contributed by atoms with E-state index in [0.717, 1.165) is 14.4 Å². The first kappa shape index (κ1) is 10.7. The van der Waals surface area contributed by atoms with E-state index < -0.39 is 5.95 Å². The zero-order valence-corrected chi connectivity index (χ0v) is 10.4. The largest absolute Gasteiger partial charge is 0.232 e. The van der Waals surface area contributed by atoms with Crippen LogP contribution in [0, 0.1) is 5.95 Å². The van der Waals surface area contributed by atoms with Crippen molar-refractivity contribution in [3.05, 3.63) is 33.6 Å². The zero-order valence-electron chi connectivity index (χ0n) is 8.00. The first-order chi connectivity index (χ1) is 7.19. The summed E-state index contributed by atoms with van der Waals surface area (Å²) in [5, 5.41) is 0. The van der Waals surface area contributed by atoms with Crippen molar-refractivity contribution in [3.63, 3.8) is 0 Å². The number of thiophene rings is 1. The lowest BCUT2D eigenvalue weighted by atomic mass is 10.3. The minimum absolute atomic E-state index is 0.461. The summed E-state index contributed by atoms with van der Waals surface area (Å²) >= 11 is 4.85. The van der Waals surface area contributed by atoms with Crippen molar-refractivity contribution in [1.82, 2.24) is 9.97 Å². The smallest absolute Gasteiger partial charge is 0.216 e. The highest BCUT2D eigenvalue weighted by atomic mass is 79.9. The van der Waals surface area contributed by atoms with Crippen molar-refractivity contribution in [2.45, 2.75) is 13.3 Å². The molecule has 78 valence electrons. The number of halogens is 2. The van der Waals surface area contributed by atoms with Gasteiger partial charge in [0.25, 0.3) is 0 Å². The Kier molecular flexibility index (Phi) is 3.11. The minimum atomic E-state index is -0.471. The molecule has 0 aliphatic carbocycles. The Hall–Kier alpha value is -0.810. The second-order valence-corrected chi connectivity index (χ2v) is 5.43. The van der Waals surface area contributed by atoms with Gasteiger partial charge >= 0.3 is 0 Å². The first-order valence-electron chi connectivity index (χ1n) is 4.48. The van der Waals surface area contributed by atoms with E-state index in [-0.39, 0.29) is 0 Å². The lowest BCUT2D eigenvalue weighted by molar-refractivity contribution is 0.578. The molecule has 2 heterocycles. The van der Waals surface area contributed by atoms with E-state index in [2.05, 4.69) is 25.9 Å². The van der Waals surface area contributed by atoms with Gasteiger partial charge in [0, 0.05) is 11.8 Å². The summed E-state index contributed by atoms with van der Waals surface area (Å²) < 4.78 is 14.1. The Balaban J connectivity index is 2.48. The SMILES string of the molecule is CCc1cc(F)nc(-c2ccc(Br)s2)n1. The molecule has 2 aromatic rings. The average Bonchev–Trinajstić information content (AvgIpc) is 2.64. The van der Waals surface area contributed by atoms with E-state index in [0.29, 0.717) is 12.2 Å². The quantitative estimate of drug-likeness (QED) is 0.788. The Bertz CT molecular complexity index is 484. The van der Waals surface area contributed by atoms with Gasteiger partial charge in [-0.15, -0.1) is 11.3 Å². The minimum Gasteiger partial charge on any atom is -0.232 e. The predicted octanol–water partition coefficient (Wildman–Crippen LogP) is 3.67. The molecule has 0 radical (unpaired) electrons. The maximum Gasteiger partial charge on any atom is 0.216 e. The van der Waals surface area contributed by atoms with Crippen molar-refractivity contribution in [1.29, 1.82) is 0 Å². The molecule has 0 aliphatic heterocycles. The van der Waals surface area contributed by atoms with E-state index in [1.165, 1.54) is 17.4 Å². The summed E-state index contributed by atoms with van der Waals surface area (Å²) in [5.74, 6) is -0.0103. The number of aromatic nitrogens is 2. The lowest BCUT2D eigenvalue weighted by Gasteiger charge is -1.99. The molecule has 0 aromatic carbocycles. The van der Waals surface area contributed by atoms with Gasteiger partial charge < -0.3 is 0 Å². The molecule has 0 unspecified atom stereocenters. The Morgan fingerprint density at radius 3 is 2.80 bits per heavy atom. The highest BCUT2D eigenvalue weighted by molar-refractivity contribution is 9.11. The normalized spacial score (nSPS) is 10.6. The van der Waals surface area contributed by atoms with E-state index in [4.69, 9.17) is 0 Å². The van der Waals surface area contributed by atoms with Gasteiger partial charge in [-0.25, -0.2) is 4.98 Å². The molecule has 0 spiro atoms. The Labute approximate surface area is 99.3 Å². The third-order valence-corrected chi connectivity index (χ3v) is 3.52. The van der Waals surface area contributed by atoms with Crippen LogP contribution in [-0.4, -0.2) is 9.97 Å². The molecular formula is C10H8BrFN2S. The molecule has 15 heavy (non-hydrogen) atoms. The second kappa shape index (κ2) is 4.37. The van der Waals surface area contributed by atoms with Crippen molar-refractivity contribution in [3.8, 4) is 10.7 Å². The fourth-order valence-electron chi connectivity index (χ4n) is 1.19. The third-order valence-electron chi connectivity index (χ3n) is 1.90. The molecule has 0 aliphatic rings. The van der Waals surface area contributed by atoms with Crippen molar-refractivity contribution in [2.24, 2.45) is 0 Å². The Morgan fingerprint density at radius 1 is 1.40 bits per heavy atom. The number of hydrogen-bond acceptors (Lipinski definition) is 3. The molecule has 0 bridgehead atoms. The molecule has 0 N–H and O–H groups in total. The third kappa shape index (κ3) is 2.41. The van der Waals surface area contributed by atoms with Crippen molar-refractivity contribution in [2.75, 3.05) is 0 Å². The monoisotopic (exact) mass is 286 g/mol. The average molecular weight is 287 g/mol. The van der Waals surface area contributed by atoms with E-state index in [1.54, 1.807) is 0 Å². The van der Waals surface area contributed by atoms with Gasteiger partial charge in [0.2, 0.25) is 5.95 Å². The summed E-state index contributed by atoms with van der Waals surface area (Å²) in [4.78, 5) is 8.92. The number of hydrogen-bond donors (Lipinski definition) is 0. The van der Waals surface area contributed by atoms with Gasteiger partial charge in [-0.1, -0.05) is 6.92 Å². The van der Waals surface area contributed by atoms with E-state index in [1.807, 2.05) is 19.1 Å². The van der Waals surface area contributed by atoms with E-state index in [9.17, 15) is 4.39 Å². The van der Waals surface area contributed by atoms with Crippen LogP contribution in [0.3, 0.4) is 0 Å². The van der Waals surface area contributed by atoms with Crippen LogP contribution < -0.4 is 0 Å². The molecule has 2 rings (SSSR count). The van der Waals surface area contributed by atoms with Gasteiger partial charge in [-0.2, -0.15) is 9.37 Å². The van der Waals surface area contributed by atoms with Crippen LogP contribution in [0.25, 0.3) is 10.7 Å². The summed E-state index contributed by atoms with van der Waals surface area (Å²) in [7, 11) is 0.